The Balaban J connectivity index is 1.84. The van der Waals surface area contributed by atoms with Crippen molar-refractivity contribution < 1.29 is 24.1 Å². The summed E-state index contributed by atoms with van der Waals surface area (Å²) in [6, 6.07) is 11.7. The van der Waals surface area contributed by atoms with Gasteiger partial charge in [0.05, 0.1) is 19.9 Å². The van der Waals surface area contributed by atoms with Gasteiger partial charge in [0.25, 0.3) is 5.91 Å². The molecule has 0 spiro atoms. The highest BCUT2D eigenvalue weighted by Crippen LogP contribution is 2.26. The third-order valence-electron chi connectivity index (χ3n) is 3.10. The molecule has 0 aliphatic carbocycles. The van der Waals surface area contributed by atoms with Gasteiger partial charge in [-0.05, 0) is 42.8 Å². The summed E-state index contributed by atoms with van der Waals surface area (Å²) in [7, 11) is 1.56. The van der Waals surface area contributed by atoms with Gasteiger partial charge in [-0.25, -0.2) is 5.43 Å². The SMILES string of the molecule is CCOc1cc(/C=N/NC(=O)COc2cccc(OC)c2)ccc1O. The number of hydrogen-bond acceptors (Lipinski definition) is 6. The lowest BCUT2D eigenvalue weighted by atomic mass is 10.2. The van der Waals surface area contributed by atoms with Crippen LogP contribution in [0.1, 0.15) is 12.5 Å². The molecule has 0 unspecified atom stereocenters. The molecule has 2 rings (SSSR count). The summed E-state index contributed by atoms with van der Waals surface area (Å²) in [4.78, 5) is 11.7. The number of phenolic OH excluding ortho intramolecular Hbond substituents is 1. The van der Waals surface area contributed by atoms with Crippen LogP contribution >= 0.6 is 0 Å². The highest BCUT2D eigenvalue weighted by atomic mass is 16.5. The van der Waals surface area contributed by atoms with Crippen LogP contribution in [0.3, 0.4) is 0 Å². The number of phenols is 1. The zero-order valence-corrected chi connectivity index (χ0v) is 14.1. The van der Waals surface area contributed by atoms with Crippen molar-refractivity contribution in [1.29, 1.82) is 0 Å². The number of amides is 1. The van der Waals surface area contributed by atoms with Gasteiger partial charge in [0.1, 0.15) is 11.5 Å². The fraction of sp³-hybridized carbons (Fsp3) is 0.222. The van der Waals surface area contributed by atoms with Gasteiger partial charge >= 0.3 is 0 Å². The maximum Gasteiger partial charge on any atom is 0.277 e. The highest BCUT2D eigenvalue weighted by molar-refractivity contribution is 5.83. The quantitative estimate of drug-likeness (QED) is 0.567. The Morgan fingerprint density at radius 3 is 2.76 bits per heavy atom. The van der Waals surface area contributed by atoms with Crippen LogP contribution in [0, 0.1) is 0 Å². The van der Waals surface area contributed by atoms with Crippen LogP contribution in [0.15, 0.2) is 47.6 Å². The Labute approximate surface area is 145 Å². The monoisotopic (exact) mass is 344 g/mol. The minimum atomic E-state index is -0.400. The zero-order valence-electron chi connectivity index (χ0n) is 14.1. The van der Waals surface area contributed by atoms with E-state index < -0.39 is 5.91 Å². The van der Waals surface area contributed by atoms with Crippen molar-refractivity contribution in [2.24, 2.45) is 5.10 Å². The largest absolute Gasteiger partial charge is 0.504 e. The van der Waals surface area contributed by atoms with Crippen molar-refractivity contribution in [3.05, 3.63) is 48.0 Å². The summed E-state index contributed by atoms with van der Waals surface area (Å²) in [5.74, 6) is 1.18. The predicted octanol–water partition coefficient (Wildman–Crippen LogP) is 2.33. The normalized spacial score (nSPS) is 10.5. The van der Waals surface area contributed by atoms with E-state index in [1.165, 1.54) is 12.3 Å². The van der Waals surface area contributed by atoms with Crippen LogP contribution in [0.2, 0.25) is 0 Å². The van der Waals surface area contributed by atoms with Crippen molar-refractivity contribution in [2.75, 3.05) is 20.3 Å². The third-order valence-corrected chi connectivity index (χ3v) is 3.10. The standard InChI is InChI=1S/C18H20N2O5/c1-3-24-17-9-13(7-8-16(17)21)11-19-20-18(22)12-25-15-6-4-5-14(10-15)23-2/h4-11,21H,3,12H2,1-2H3,(H,20,22)/b19-11+. The molecule has 2 aromatic rings. The summed E-state index contributed by atoms with van der Waals surface area (Å²) in [6.45, 7) is 2.08. The van der Waals surface area contributed by atoms with E-state index in [4.69, 9.17) is 14.2 Å². The van der Waals surface area contributed by atoms with Crippen LogP contribution in [0.4, 0.5) is 0 Å². The van der Waals surface area contributed by atoms with E-state index in [0.29, 0.717) is 29.4 Å². The molecule has 0 aliphatic heterocycles. The number of rotatable bonds is 8. The molecule has 0 fully saturated rings. The minimum absolute atomic E-state index is 0.0507. The topological polar surface area (TPSA) is 89.4 Å². The average Bonchev–Trinajstić information content (AvgIpc) is 2.63. The summed E-state index contributed by atoms with van der Waals surface area (Å²) in [5, 5.41) is 13.5. The maximum absolute atomic E-state index is 11.7. The molecule has 132 valence electrons. The number of ether oxygens (including phenoxy) is 3. The summed E-state index contributed by atoms with van der Waals surface area (Å²) in [5.41, 5.74) is 3.04. The summed E-state index contributed by atoms with van der Waals surface area (Å²) >= 11 is 0. The lowest BCUT2D eigenvalue weighted by Gasteiger charge is -2.07. The lowest BCUT2D eigenvalue weighted by Crippen LogP contribution is -2.24. The van der Waals surface area contributed by atoms with Crippen LogP contribution in [-0.4, -0.2) is 37.6 Å². The fourth-order valence-corrected chi connectivity index (χ4v) is 1.93. The summed E-state index contributed by atoms with van der Waals surface area (Å²) < 4.78 is 15.7. The van der Waals surface area contributed by atoms with E-state index >= 15 is 0 Å². The Hall–Kier alpha value is -3.22. The first-order valence-corrected chi connectivity index (χ1v) is 7.67. The van der Waals surface area contributed by atoms with Gasteiger partial charge in [0, 0.05) is 6.07 Å². The number of benzene rings is 2. The molecule has 7 nitrogen and oxygen atoms in total. The molecule has 0 aromatic heterocycles. The summed E-state index contributed by atoms with van der Waals surface area (Å²) in [6.07, 6.45) is 1.45. The Morgan fingerprint density at radius 2 is 2.00 bits per heavy atom. The number of hydrazone groups is 1. The second kappa shape index (κ2) is 9.17. The van der Waals surface area contributed by atoms with E-state index in [2.05, 4.69) is 10.5 Å². The molecule has 0 saturated heterocycles. The molecule has 0 bridgehead atoms. The van der Waals surface area contributed by atoms with E-state index in [9.17, 15) is 9.90 Å². The maximum atomic E-state index is 11.7. The van der Waals surface area contributed by atoms with Crippen LogP contribution in [0.25, 0.3) is 0 Å². The molecular formula is C18H20N2O5. The van der Waals surface area contributed by atoms with Gasteiger partial charge in [-0.3, -0.25) is 4.79 Å². The Morgan fingerprint density at radius 1 is 1.20 bits per heavy atom. The van der Waals surface area contributed by atoms with Crippen molar-refractivity contribution in [2.45, 2.75) is 6.92 Å². The first-order chi connectivity index (χ1) is 12.1. The van der Waals surface area contributed by atoms with Gasteiger partial charge in [0.2, 0.25) is 0 Å². The van der Waals surface area contributed by atoms with Crippen LogP contribution in [0.5, 0.6) is 23.0 Å². The predicted molar refractivity (Wildman–Crippen MR) is 93.5 cm³/mol. The smallest absolute Gasteiger partial charge is 0.277 e. The molecule has 0 atom stereocenters. The molecule has 2 aromatic carbocycles. The molecule has 2 N–H and O–H groups in total. The zero-order chi connectivity index (χ0) is 18.1. The molecule has 1 amide bonds. The van der Waals surface area contributed by atoms with Gasteiger partial charge in [-0.1, -0.05) is 6.07 Å². The number of carbonyl (C=O) groups excluding carboxylic acids is 1. The van der Waals surface area contributed by atoms with Crippen molar-refractivity contribution in [1.82, 2.24) is 5.43 Å². The second-order valence-electron chi connectivity index (χ2n) is 4.92. The molecule has 25 heavy (non-hydrogen) atoms. The van der Waals surface area contributed by atoms with Gasteiger partial charge in [0.15, 0.2) is 18.1 Å². The van der Waals surface area contributed by atoms with Gasteiger partial charge in [-0.2, -0.15) is 5.10 Å². The van der Waals surface area contributed by atoms with Crippen molar-refractivity contribution >= 4 is 12.1 Å². The Bertz CT molecular complexity index is 746. The van der Waals surface area contributed by atoms with Crippen LogP contribution in [-0.2, 0) is 4.79 Å². The van der Waals surface area contributed by atoms with E-state index in [1.807, 2.05) is 6.92 Å². The van der Waals surface area contributed by atoms with Crippen molar-refractivity contribution in [3.8, 4) is 23.0 Å². The molecule has 0 heterocycles. The number of carbonyl (C=O) groups is 1. The molecule has 0 aliphatic rings. The van der Waals surface area contributed by atoms with Crippen molar-refractivity contribution in [3.63, 3.8) is 0 Å². The molecule has 0 saturated carbocycles. The highest BCUT2D eigenvalue weighted by Gasteiger charge is 2.04. The van der Waals surface area contributed by atoms with E-state index in [1.54, 1.807) is 43.5 Å². The second-order valence-corrected chi connectivity index (χ2v) is 4.92. The number of methoxy groups -OCH3 is 1. The van der Waals surface area contributed by atoms with E-state index in [0.717, 1.165) is 0 Å². The molecular weight excluding hydrogens is 324 g/mol. The van der Waals surface area contributed by atoms with Gasteiger partial charge in [-0.15, -0.1) is 0 Å². The third kappa shape index (κ3) is 5.72. The number of nitrogens with one attached hydrogen (secondary N) is 1. The molecule has 7 heteroatoms. The number of hydrogen-bond donors (Lipinski definition) is 2. The first-order valence-electron chi connectivity index (χ1n) is 7.67. The minimum Gasteiger partial charge on any atom is -0.504 e. The fourth-order valence-electron chi connectivity index (χ4n) is 1.93. The first kappa shape index (κ1) is 18.1. The Kier molecular flexibility index (Phi) is 6.65. The number of nitrogens with zero attached hydrogens (tertiary/aromatic N) is 1. The van der Waals surface area contributed by atoms with Gasteiger partial charge < -0.3 is 19.3 Å². The number of aromatic hydroxyl groups is 1. The average molecular weight is 344 g/mol. The molecule has 0 radical (unpaired) electrons. The lowest BCUT2D eigenvalue weighted by molar-refractivity contribution is -0.123. The van der Waals surface area contributed by atoms with Crippen LogP contribution < -0.4 is 19.6 Å². The van der Waals surface area contributed by atoms with E-state index in [-0.39, 0.29) is 12.4 Å².